The van der Waals surface area contributed by atoms with Crippen molar-refractivity contribution >= 4 is 39.5 Å². The van der Waals surface area contributed by atoms with Crippen LogP contribution in [-0.2, 0) is 35.6 Å². The maximum atomic E-state index is 13.4. The molecule has 1 aliphatic heterocycles. The third kappa shape index (κ3) is 8.98. The van der Waals surface area contributed by atoms with Crippen LogP contribution in [0.25, 0.3) is 0 Å². The zero-order valence-corrected chi connectivity index (χ0v) is 24.6. The van der Waals surface area contributed by atoms with Gasteiger partial charge in [0.15, 0.2) is 0 Å². The molecule has 1 aliphatic rings. The maximum Gasteiger partial charge on any atom is 0.326 e. The quantitative estimate of drug-likeness (QED) is 0.0938. The molecular formula is C28H35N7O7S. The molecule has 0 radical (unpaired) electrons. The first-order valence-corrected chi connectivity index (χ1v) is 15.0. The van der Waals surface area contributed by atoms with Crippen molar-refractivity contribution in [2.75, 3.05) is 11.9 Å². The summed E-state index contributed by atoms with van der Waals surface area (Å²) in [5.74, 6) is -2.27. The van der Waals surface area contributed by atoms with Crippen molar-refractivity contribution < 1.29 is 32.6 Å². The number of nitrogens with one attached hydrogen (secondary N) is 3. The number of nitrogens with two attached hydrogens (primary N) is 1. The number of nitriles is 1. The van der Waals surface area contributed by atoms with Crippen LogP contribution in [0.1, 0.15) is 38.7 Å². The monoisotopic (exact) mass is 613 g/mol. The van der Waals surface area contributed by atoms with E-state index in [9.17, 15) is 27.9 Å². The third-order valence-corrected chi connectivity index (χ3v) is 8.62. The summed E-state index contributed by atoms with van der Waals surface area (Å²) in [6.07, 6.45) is 1.19. The first kappa shape index (κ1) is 33.0. The SMILES string of the molecule is CC1OC(C)N(S(=O)(=O)c2ccccc2)[C@@H]1C(=O)N[C@@H](Cc1ccc(NC(=O)CCCCN/C(N)=N/C#N)cc1)C(=O)O. The number of unbranched alkanes of at least 4 members (excludes halogenated alkanes) is 1. The van der Waals surface area contributed by atoms with Crippen LogP contribution in [0.15, 0.2) is 64.5 Å². The highest BCUT2D eigenvalue weighted by atomic mass is 32.2. The number of carboxylic acid groups (broad SMARTS) is 1. The molecule has 2 amide bonds. The third-order valence-electron chi connectivity index (χ3n) is 6.68. The molecule has 3 rings (SSSR count). The lowest BCUT2D eigenvalue weighted by molar-refractivity contribution is -0.142. The Kier molecular flexibility index (Phi) is 11.6. The number of hydrogen-bond donors (Lipinski definition) is 5. The van der Waals surface area contributed by atoms with Crippen molar-refractivity contribution in [2.24, 2.45) is 10.7 Å². The van der Waals surface area contributed by atoms with Crippen LogP contribution in [0.5, 0.6) is 0 Å². The predicted octanol–water partition coefficient (Wildman–Crippen LogP) is 1.12. The lowest BCUT2D eigenvalue weighted by Crippen LogP contribution is -2.54. The minimum absolute atomic E-state index is 0.0107. The lowest BCUT2D eigenvalue weighted by atomic mass is 10.0. The summed E-state index contributed by atoms with van der Waals surface area (Å²) in [6.45, 7) is 3.54. The molecule has 2 unspecified atom stereocenters. The Hall–Kier alpha value is -4.52. The van der Waals surface area contributed by atoms with E-state index in [4.69, 9.17) is 15.7 Å². The normalized spacial score (nSPS) is 19.7. The summed E-state index contributed by atoms with van der Waals surface area (Å²) in [7, 11) is -4.12. The van der Waals surface area contributed by atoms with Crippen LogP contribution in [0.4, 0.5) is 5.69 Å². The summed E-state index contributed by atoms with van der Waals surface area (Å²) in [4.78, 5) is 41.0. The summed E-state index contributed by atoms with van der Waals surface area (Å²) < 4.78 is 33.3. The number of rotatable bonds is 13. The van der Waals surface area contributed by atoms with Crippen LogP contribution in [-0.4, -0.2) is 72.5 Å². The molecule has 15 heteroatoms. The zero-order chi connectivity index (χ0) is 31.6. The average Bonchev–Trinajstić information content (AvgIpc) is 3.28. The number of benzene rings is 2. The molecule has 0 spiro atoms. The highest BCUT2D eigenvalue weighted by Crippen LogP contribution is 2.30. The van der Waals surface area contributed by atoms with Crippen molar-refractivity contribution in [1.29, 1.82) is 5.26 Å². The number of sulfonamides is 1. The van der Waals surface area contributed by atoms with Gasteiger partial charge >= 0.3 is 5.97 Å². The van der Waals surface area contributed by atoms with Gasteiger partial charge in [-0.1, -0.05) is 30.3 Å². The van der Waals surface area contributed by atoms with Gasteiger partial charge in [-0.2, -0.15) is 9.57 Å². The van der Waals surface area contributed by atoms with Gasteiger partial charge in [-0.05, 0) is 56.5 Å². The Balaban J connectivity index is 1.59. The Morgan fingerprint density at radius 1 is 1.12 bits per heavy atom. The number of anilines is 1. The van der Waals surface area contributed by atoms with Gasteiger partial charge < -0.3 is 31.5 Å². The first-order valence-electron chi connectivity index (χ1n) is 13.6. The van der Waals surface area contributed by atoms with Gasteiger partial charge in [0, 0.05) is 25.1 Å². The van der Waals surface area contributed by atoms with E-state index in [2.05, 4.69) is 20.9 Å². The molecule has 1 heterocycles. The van der Waals surface area contributed by atoms with Gasteiger partial charge in [-0.15, -0.1) is 4.99 Å². The standard InChI is InChI=1S/C28H35N7O7S/c1-18-25(35(19(2)42-18)43(40,41)22-8-4-3-5-9-22)26(37)34-23(27(38)39)16-20-11-13-21(14-12-20)33-24(36)10-6-7-15-31-28(30)32-17-29/h3-5,8-9,11-14,18-19,23,25H,6-7,10,15-16H2,1-2H3,(H,33,36)(H,34,37)(H,38,39)(H3,30,31,32)/t18?,19?,23-,25-/m0/s1. The number of aliphatic imine (C=N–C) groups is 1. The van der Waals surface area contributed by atoms with E-state index in [1.165, 1.54) is 19.1 Å². The Morgan fingerprint density at radius 3 is 2.42 bits per heavy atom. The fraction of sp³-hybridized carbons (Fsp3) is 0.393. The van der Waals surface area contributed by atoms with Crippen LogP contribution in [0, 0.1) is 11.5 Å². The molecule has 14 nitrogen and oxygen atoms in total. The van der Waals surface area contributed by atoms with Crippen LogP contribution >= 0.6 is 0 Å². The second kappa shape index (κ2) is 15.1. The topological polar surface area (TPSA) is 216 Å². The zero-order valence-electron chi connectivity index (χ0n) is 23.8. The molecule has 0 saturated carbocycles. The van der Waals surface area contributed by atoms with Gasteiger partial charge in [0.05, 0.1) is 11.0 Å². The number of carbonyl (C=O) groups is 3. The van der Waals surface area contributed by atoms with Crippen LogP contribution in [0.2, 0.25) is 0 Å². The molecule has 6 N–H and O–H groups in total. The van der Waals surface area contributed by atoms with Crippen molar-refractivity contribution in [3.63, 3.8) is 0 Å². The maximum absolute atomic E-state index is 13.4. The first-order chi connectivity index (χ1) is 20.4. The van der Waals surface area contributed by atoms with E-state index in [-0.39, 0.29) is 29.6 Å². The Labute approximate surface area is 250 Å². The number of carboxylic acids is 1. The number of nitrogens with zero attached hydrogens (tertiary/aromatic N) is 3. The van der Waals surface area contributed by atoms with Gasteiger partial charge in [-0.3, -0.25) is 9.59 Å². The second-order valence-electron chi connectivity index (χ2n) is 9.86. The minimum atomic E-state index is -4.12. The molecular weight excluding hydrogens is 578 g/mol. The fourth-order valence-corrected chi connectivity index (χ4v) is 6.38. The largest absolute Gasteiger partial charge is 0.480 e. The molecule has 0 aromatic heterocycles. The van der Waals surface area contributed by atoms with E-state index in [0.29, 0.717) is 30.6 Å². The van der Waals surface area contributed by atoms with Crippen LogP contribution in [0.3, 0.4) is 0 Å². The Bertz CT molecular complexity index is 1460. The number of carbonyl (C=O) groups excluding carboxylic acids is 2. The van der Waals surface area contributed by atoms with Crippen molar-refractivity contribution in [3.8, 4) is 6.19 Å². The van der Waals surface area contributed by atoms with Crippen LogP contribution < -0.4 is 21.7 Å². The minimum Gasteiger partial charge on any atom is -0.480 e. The van der Waals surface area contributed by atoms with Gasteiger partial charge in [0.2, 0.25) is 34.0 Å². The molecule has 0 aliphatic carbocycles. The number of amides is 2. The number of aliphatic carboxylic acids is 1. The van der Waals surface area contributed by atoms with Crippen molar-refractivity contribution in [2.45, 2.75) is 68.8 Å². The predicted molar refractivity (Wildman–Crippen MR) is 157 cm³/mol. The molecule has 2 aromatic rings. The van der Waals surface area contributed by atoms with E-state index in [1.54, 1.807) is 55.6 Å². The summed E-state index contributed by atoms with van der Waals surface area (Å²) >= 11 is 0. The molecule has 2 aromatic carbocycles. The van der Waals surface area contributed by atoms with E-state index in [0.717, 1.165) is 4.31 Å². The summed E-state index contributed by atoms with van der Waals surface area (Å²) in [5, 5.41) is 26.2. The van der Waals surface area contributed by atoms with E-state index >= 15 is 0 Å². The average molecular weight is 614 g/mol. The molecule has 1 saturated heterocycles. The molecule has 4 atom stereocenters. The smallest absolute Gasteiger partial charge is 0.326 e. The molecule has 0 bridgehead atoms. The number of ether oxygens (including phenoxy) is 1. The fourth-order valence-electron chi connectivity index (χ4n) is 4.63. The number of hydrogen-bond acceptors (Lipinski definition) is 8. The second-order valence-corrected chi connectivity index (χ2v) is 11.7. The molecule has 43 heavy (non-hydrogen) atoms. The molecule has 1 fully saturated rings. The van der Waals surface area contributed by atoms with E-state index < -0.39 is 46.3 Å². The van der Waals surface area contributed by atoms with Gasteiger partial charge in [0.25, 0.3) is 0 Å². The summed E-state index contributed by atoms with van der Waals surface area (Å²) in [6, 6.07) is 11.5. The highest BCUT2D eigenvalue weighted by Gasteiger charge is 2.49. The van der Waals surface area contributed by atoms with Crippen molar-refractivity contribution in [1.82, 2.24) is 14.9 Å². The summed E-state index contributed by atoms with van der Waals surface area (Å²) in [5.41, 5.74) is 6.54. The van der Waals surface area contributed by atoms with Gasteiger partial charge in [-0.25, -0.2) is 13.2 Å². The molecule has 230 valence electrons. The van der Waals surface area contributed by atoms with Crippen molar-refractivity contribution in [3.05, 3.63) is 60.2 Å². The van der Waals surface area contributed by atoms with Gasteiger partial charge in [0.1, 0.15) is 18.3 Å². The highest BCUT2D eigenvalue weighted by molar-refractivity contribution is 7.89. The lowest BCUT2D eigenvalue weighted by Gasteiger charge is -2.27. The van der Waals surface area contributed by atoms with E-state index in [1.807, 2.05) is 0 Å². The number of guanidine groups is 1. The Morgan fingerprint density at radius 2 is 1.79 bits per heavy atom.